The second-order valence-corrected chi connectivity index (χ2v) is 9.20. The van der Waals surface area contributed by atoms with Crippen molar-refractivity contribution in [2.45, 2.75) is 57.5 Å². The van der Waals surface area contributed by atoms with E-state index in [9.17, 15) is 19.5 Å². The van der Waals surface area contributed by atoms with E-state index in [4.69, 9.17) is 4.52 Å². The molecule has 0 aliphatic heterocycles. The van der Waals surface area contributed by atoms with Gasteiger partial charge in [-0.1, -0.05) is 13.0 Å². The van der Waals surface area contributed by atoms with Crippen molar-refractivity contribution < 1.29 is 24.0 Å². The van der Waals surface area contributed by atoms with Gasteiger partial charge in [-0.2, -0.15) is 0 Å². The summed E-state index contributed by atoms with van der Waals surface area (Å²) in [6.07, 6.45) is 5.39. The van der Waals surface area contributed by atoms with Crippen LogP contribution in [0.25, 0.3) is 0 Å². The van der Waals surface area contributed by atoms with Crippen molar-refractivity contribution in [2.24, 2.45) is 17.3 Å². The first kappa shape index (κ1) is 16.6. The van der Waals surface area contributed by atoms with Crippen molar-refractivity contribution in [1.29, 1.82) is 0 Å². The van der Waals surface area contributed by atoms with Gasteiger partial charge in [0, 0.05) is 0 Å². The fraction of sp³-hybridized carbons (Fsp3) is 0.667. The number of hydrogen-bond donors (Lipinski definition) is 3. The molecule has 0 amide bonds. The molecule has 0 radical (unpaired) electrons. The highest BCUT2D eigenvalue weighted by atomic mass is 31.2. The Labute approximate surface area is 142 Å². The lowest BCUT2D eigenvalue weighted by Gasteiger charge is -2.50. The molecule has 4 rings (SSSR count). The highest BCUT2D eigenvalue weighted by Gasteiger charge is 2.56. The van der Waals surface area contributed by atoms with E-state index >= 15 is 0 Å². The van der Waals surface area contributed by atoms with Crippen molar-refractivity contribution >= 4 is 7.82 Å². The largest absolute Gasteiger partial charge is 0.508 e. The number of fused-ring (bicyclic) bond motifs is 5. The molecule has 24 heavy (non-hydrogen) atoms. The summed E-state index contributed by atoms with van der Waals surface area (Å²) in [5.41, 5.74) is 2.49. The molecule has 0 unspecified atom stereocenters. The second-order valence-electron chi connectivity index (χ2n) is 8.01. The maximum Gasteiger partial charge on any atom is 0.469 e. The first-order chi connectivity index (χ1) is 11.3. The van der Waals surface area contributed by atoms with E-state index in [0.717, 1.165) is 38.5 Å². The summed E-state index contributed by atoms with van der Waals surface area (Å²) >= 11 is 0. The number of aryl methyl sites for hydroxylation is 1. The highest BCUT2D eigenvalue weighted by molar-refractivity contribution is 7.46. The Kier molecular flexibility index (Phi) is 3.85. The van der Waals surface area contributed by atoms with Gasteiger partial charge < -0.3 is 14.9 Å². The van der Waals surface area contributed by atoms with Crippen molar-refractivity contribution in [3.8, 4) is 5.75 Å². The number of phenols is 1. The molecule has 3 aliphatic carbocycles. The third kappa shape index (κ3) is 2.62. The van der Waals surface area contributed by atoms with Crippen LogP contribution >= 0.6 is 7.82 Å². The van der Waals surface area contributed by atoms with Crippen LogP contribution in [-0.2, 0) is 15.5 Å². The van der Waals surface area contributed by atoms with Crippen molar-refractivity contribution in [1.82, 2.24) is 0 Å². The van der Waals surface area contributed by atoms with Crippen LogP contribution in [0.4, 0.5) is 0 Å². The zero-order valence-electron chi connectivity index (χ0n) is 13.9. The van der Waals surface area contributed by atoms with Crippen LogP contribution in [0.2, 0.25) is 0 Å². The molecule has 0 saturated heterocycles. The average molecular weight is 352 g/mol. The van der Waals surface area contributed by atoms with E-state index in [1.165, 1.54) is 11.1 Å². The van der Waals surface area contributed by atoms with Crippen LogP contribution in [-0.4, -0.2) is 21.0 Å². The SMILES string of the molecule is C[C@]12CC[C@@H]3c4ccc(O)cc4CC[C@@H]3[C@@H]1CC[C@@H]2OP(=O)(O)O. The maximum absolute atomic E-state index is 11.3. The van der Waals surface area contributed by atoms with E-state index < -0.39 is 7.82 Å². The summed E-state index contributed by atoms with van der Waals surface area (Å²) < 4.78 is 16.5. The van der Waals surface area contributed by atoms with E-state index in [-0.39, 0.29) is 11.5 Å². The van der Waals surface area contributed by atoms with Gasteiger partial charge in [0.1, 0.15) is 5.75 Å². The number of rotatable bonds is 2. The molecule has 0 spiro atoms. The quantitative estimate of drug-likeness (QED) is 0.706. The Morgan fingerprint density at radius 2 is 2.00 bits per heavy atom. The molecule has 3 N–H and O–H groups in total. The van der Waals surface area contributed by atoms with E-state index in [1.54, 1.807) is 6.07 Å². The molecule has 0 aromatic heterocycles. The Hall–Kier alpha value is -0.870. The molecule has 2 saturated carbocycles. The molecule has 0 heterocycles. The number of hydrogen-bond acceptors (Lipinski definition) is 3. The van der Waals surface area contributed by atoms with Crippen molar-refractivity contribution in [2.75, 3.05) is 0 Å². The molecule has 5 atom stereocenters. The fourth-order valence-corrected chi connectivity index (χ4v) is 6.54. The summed E-state index contributed by atoms with van der Waals surface area (Å²) in [7, 11) is -4.44. The topological polar surface area (TPSA) is 87.0 Å². The normalized spacial score (nSPS) is 38.3. The van der Waals surface area contributed by atoms with Gasteiger partial charge in [0.2, 0.25) is 0 Å². The van der Waals surface area contributed by atoms with Crippen LogP contribution in [0.5, 0.6) is 5.75 Å². The smallest absolute Gasteiger partial charge is 0.469 e. The van der Waals surface area contributed by atoms with E-state index in [0.29, 0.717) is 23.5 Å². The van der Waals surface area contributed by atoms with Gasteiger partial charge in [0.15, 0.2) is 0 Å². The van der Waals surface area contributed by atoms with Gasteiger partial charge in [-0.15, -0.1) is 0 Å². The minimum Gasteiger partial charge on any atom is -0.508 e. The van der Waals surface area contributed by atoms with E-state index in [1.807, 2.05) is 6.07 Å². The Balaban J connectivity index is 1.62. The Morgan fingerprint density at radius 3 is 2.75 bits per heavy atom. The highest BCUT2D eigenvalue weighted by Crippen LogP contribution is 2.63. The Bertz CT molecular complexity index is 699. The van der Waals surface area contributed by atoms with Crippen LogP contribution in [0, 0.1) is 17.3 Å². The van der Waals surface area contributed by atoms with Gasteiger partial charge in [-0.05, 0) is 85.0 Å². The van der Waals surface area contributed by atoms with Crippen molar-refractivity contribution in [3.63, 3.8) is 0 Å². The van der Waals surface area contributed by atoms with Crippen LogP contribution in [0.1, 0.15) is 56.1 Å². The summed E-state index contributed by atoms with van der Waals surface area (Å²) in [5, 5.41) is 9.73. The molecule has 2 fully saturated rings. The van der Waals surface area contributed by atoms with Gasteiger partial charge >= 0.3 is 7.82 Å². The van der Waals surface area contributed by atoms with Crippen molar-refractivity contribution in [3.05, 3.63) is 29.3 Å². The van der Waals surface area contributed by atoms with Gasteiger partial charge in [0.25, 0.3) is 0 Å². The summed E-state index contributed by atoms with van der Waals surface area (Å²) in [6, 6.07) is 5.75. The lowest BCUT2D eigenvalue weighted by molar-refractivity contribution is -0.0217. The summed E-state index contributed by atoms with van der Waals surface area (Å²) in [6.45, 7) is 2.16. The van der Waals surface area contributed by atoms with Gasteiger partial charge in [0.05, 0.1) is 6.10 Å². The zero-order valence-corrected chi connectivity index (χ0v) is 14.8. The molecule has 0 bridgehead atoms. The average Bonchev–Trinajstić information content (AvgIpc) is 2.82. The number of benzene rings is 1. The number of phenolic OH excluding ortho intramolecular Hbond substituents is 1. The standard InChI is InChI=1S/C18H25O5P/c1-18-9-8-14-13-5-3-12(19)10-11(13)2-4-15(14)16(18)6-7-17(18)23-24(20,21)22/h3,5,10,14-17,19H,2,4,6-9H2,1H3,(H2,20,21,22)/t14-,15+,16+,17+,18+/m1/s1. The number of phosphoric ester groups is 1. The molecule has 3 aliphatic rings. The third-order valence-electron chi connectivity index (χ3n) is 6.89. The predicted molar refractivity (Wildman–Crippen MR) is 89.6 cm³/mol. The second kappa shape index (κ2) is 5.57. The third-order valence-corrected chi connectivity index (χ3v) is 7.42. The van der Waals surface area contributed by atoms with Crippen LogP contribution < -0.4 is 0 Å². The Morgan fingerprint density at radius 1 is 1.21 bits per heavy atom. The minimum atomic E-state index is -4.44. The number of aromatic hydroxyl groups is 1. The molecule has 5 nitrogen and oxygen atoms in total. The van der Waals surface area contributed by atoms with Crippen LogP contribution in [0.3, 0.4) is 0 Å². The lowest BCUT2D eigenvalue weighted by atomic mass is 9.55. The molecule has 6 heteroatoms. The monoisotopic (exact) mass is 352 g/mol. The molecule has 1 aromatic carbocycles. The first-order valence-corrected chi connectivity index (χ1v) is 10.4. The van der Waals surface area contributed by atoms with Crippen LogP contribution in [0.15, 0.2) is 18.2 Å². The van der Waals surface area contributed by atoms with Gasteiger partial charge in [-0.25, -0.2) is 4.57 Å². The summed E-state index contributed by atoms with van der Waals surface area (Å²) in [5.74, 6) is 1.84. The maximum atomic E-state index is 11.3. The summed E-state index contributed by atoms with van der Waals surface area (Å²) in [4.78, 5) is 18.5. The minimum absolute atomic E-state index is 0.142. The van der Waals surface area contributed by atoms with E-state index in [2.05, 4.69) is 13.0 Å². The molecular weight excluding hydrogens is 327 g/mol. The fourth-order valence-electron chi connectivity index (χ4n) is 5.86. The lowest BCUT2D eigenvalue weighted by Crippen LogP contribution is -2.44. The predicted octanol–water partition coefficient (Wildman–Crippen LogP) is 3.73. The first-order valence-electron chi connectivity index (χ1n) is 8.84. The van der Waals surface area contributed by atoms with Gasteiger partial charge in [-0.3, -0.25) is 4.52 Å². The molecule has 132 valence electrons. The molecule has 1 aromatic rings. The number of phosphoric acid groups is 1. The molecular formula is C18H25O5P. The zero-order chi connectivity index (χ0) is 17.1.